The lowest BCUT2D eigenvalue weighted by atomic mass is 10.1. The molecule has 3 aliphatic rings. The Morgan fingerprint density at radius 1 is 0.404 bits per heavy atom. The van der Waals surface area contributed by atoms with E-state index in [9.17, 15) is 9.59 Å². The molecule has 0 spiro atoms. The van der Waals surface area contributed by atoms with Gasteiger partial charge < -0.3 is 9.97 Å². The molecular weight excluding hydrogens is 651 g/mol. The van der Waals surface area contributed by atoms with E-state index in [1.54, 1.807) is 24.3 Å². The summed E-state index contributed by atoms with van der Waals surface area (Å²) >= 11 is 0. The van der Waals surface area contributed by atoms with Gasteiger partial charge in [0.15, 0.2) is 23.3 Å². The molecule has 0 atom stereocenters. The molecule has 52 heavy (non-hydrogen) atoms. The molecule has 244 valence electrons. The SMILES string of the molecule is O=C1c2ccccc2C(=O)N1Cc1ccc2c3nc4nc(nc5[nH]c(nc6nc(nc([nH]3)c2c1)-c1ccccc1-6)c1ccccc51)-c1ccccc1-4. The zero-order valence-corrected chi connectivity index (χ0v) is 27.1. The van der Waals surface area contributed by atoms with Crippen LogP contribution >= 0.6 is 0 Å². The quantitative estimate of drug-likeness (QED) is 0.178. The van der Waals surface area contributed by atoms with E-state index >= 15 is 0 Å². The van der Waals surface area contributed by atoms with Crippen molar-refractivity contribution in [2.45, 2.75) is 6.54 Å². The number of fused-ring (bicyclic) bond motifs is 21. The van der Waals surface area contributed by atoms with E-state index in [1.165, 1.54) is 4.90 Å². The minimum Gasteiger partial charge on any atom is -0.324 e. The Balaban J connectivity index is 1.20. The van der Waals surface area contributed by atoms with Crippen LogP contribution in [0.4, 0.5) is 0 Å². The van der Waals surface area contributed by atoms with Crippen LogP contribution in [0.1, 0.15) is 26.3 Å². The molecule has 0 saturated carbocycles. The zero-order chi connectivity index (χ0) is 34.5. The number of nitrogens with one attached hydrogen (secondary N) is 2. The average molecular weight is 674 g/mol. The number of carbonyl (C=O) groups excluding carboxylic acids is 2. The van der Waals surface area contributed by atoms with Gasteiger partial charge in [-0.15, -0.1) is 0 Å². The van der Waals surface area contributed by atoms with E-state index in [1.807, 2.05) is 91.0 Å². The molecule has 5 aromatic carbocycles. The minimum atomic E-state index is -0.311. The second-order valence-corrected chi connectivity index (χ2v) is 12.9. The van der Waals surface area contributed by atoms with E-state index in [4.69, 9.17) is 29.9 Å². The van der Waals surface area contributed by atoms with Crippen LogP contribution in [0, 0.1) is 0 Å². The lowest BCUT2D eigenvalue weighted by Gasteiger charge is -2.14. The topological polar surface area (TPSA) is 146 Å². The summed E-state index contributed by atoms with van der Waals surface area (Å²) in [6.07, 6.45) is 0. The molecule has 8 aromatic rings. The molecule has 8 bridgehead atoms. The smallest absolute Gasteiger partial charge is 0.261 e. The highest BCUT2D eigenvalue weighted by Gasteiger charge is 2.35. The predicted molar refractivity (Wildman–Crippen MR) is 197 cm³/mol. The fourth-order valence-electron chi connectivity index (χ4n) is 7.35. The van der Waals surface area contributed by atoms with Crippen molar-refractivity contribution in [2.24, 2.45) is 0 Å². The van der Waals surface area contributed by atoms with Crippen LogP contribution in [-0.2, 0) is 6.54 Å². The largest absolute Gasteiger partial charge is 0.324 e. The van der Waals surface area contributed by atoms with E-state index in [-0.39, 0.29) is 18.4 Å². The molecule has 6 heterocycles. The maximum Gasteiger partial charge on any atom is 0.261 e. The van der Waals surface area contributed by atoms with Crippen molar-refractivity contribution in [1.29, 1.82) is 0 Å². The van der Waals surface area contributed by atoms with Gasteiger partial charge in [-0.05, 0) is 23.8 Å². The number of benzene rings is 5. The first-order valence-corrected chi connectivity index (χ1v) is 16.8. The molecule has 3 aliphatic heterocycles. The molecule has 0 unspecified atom stereocenters. The molecule has 11 nitrogen and oxygen atoms in total. The predicted octanol–water partition coefficient (Wildman–Crippen LogP) is 7.67. The van der Waals surface area contributed by atoms with Crippen molar-refractivity contribution >= 4 is 55.9 Å². The molecule has 2 amide bonds. The Bertz CT molecular complexity index is 3030. The summed E-state index contributed by atoms with van der Waals surface area (Å²) in [6, 6.07) is 36.4. The summed E-state index contributed by atoms with van der Waals surface area (Å²) in [5, 5.41) is 3.36. The van der Waals surface area contributed by atoms with Gasteiger partial charge in [0.1, 0.15) is 22.6 Å². The fraction of sp³-hybridized carbons (Fsp3) is 0.0244. The van der Waals surface area contributed by atoms with Crippen LogP contribution in [0.5, 0.6) is 0 Å². The number of H-pyrrole nitrogens is 2. The molecule has 3 aromatic heterocycles. The van der Waals surface area contributed by atoms with E-state index in [2.05, 4.69) is 9.97 Å². The van der Waals surface area contributed by atoms with E-state index in [0.717, 1.165) is 49.4 Å². The average Bonchev–Trinajstić information content (AvgIpc) is 3.96. The Morgan fingerprint density at radius 3 is 1.21 bits per heavy atom. The van der Waals surface area contributed by atoms with Crippen molar-refractivity contribution in [3.8, 4) is 45.6 Å². The maximum atomic E-state index is 13.3. The van der Waals surface area contributed by atoms with Gasteiger partial charge in [-0.3, -0.25) is 14.5 Å². The number of imide groups is 1. The van der Waals surface area contributed by atoms with Gasteiger partial charge in [0, 0.05) is 43.8 Å². The first-order chi connectivity index (χ1) is 25.6. The molecule has 0 radical (unpaired) electrons. The van der Waals surface area contributed by atoms with E-state index < -0.39 is 0 Å². The molecule has 0 saturated heterocycles. The third-order valence-corrected chi connectivity index (χ3v) is 9.84. The van der Waals surface area contributed by atoms with E-state index in [0.29, 0.717) is 57.0 Å². The molecule has 0 fully saturated rings. The molecule has 0 aliphatic carbocycles. The number of rotatable bonds is 2. The van der Waals surface area contributed by atoms with Gasteiger partial charge >= 0.3 is 0 Å². The highest BCUT2D eigenvalue weighted by atomic mass is 16.2. The Labute approximate surface area is 293 Å². The van der Waals surface area contributed by atoms with Crippen LogP contribution in [0.25, 0.3) is 89.7 Å². The van der Waals surface area contributed by atoms with Crippen molar-refractivity contribution in [1.82, 2.24) is 44.8 Å². The normalized spacial score (nSPS) is 13.1. The summed E-state index contributed by atoms with van der Waals surface area (Å²) < 4.78 is 0. The number of aromatic amines is 2. The molecule has 2 N–H and O–H groups in total. The van der Waals surface area contributed by atoms with Crippen molar-refractivity contribution < 1.29 is 9.59 Å². The fourth-order valence-corrected chi connectivity index (χ4v) is 7.35. The molecular formula is C41H23N9O2. The van der Waals surface area contributed by atoms with Crippen molar-refractivity contribution in [3.05, 3.63) is 132 Å². The van der Waals surface area contributed by atoms with Crippen molar-refractivity contribution in [2.75, 3.05) is 0 Å². The summed E-state index contributed by atoms with van der Waals surface area (Å²) in [5.41, 5.74) is 7.32. The number of nitrogens with zero attached hydrogens (tertiary/aromatic N) is 7. The second kappa shape index (κ2) is 10.6. The van der Waals surface area contributed by atoms with Crippen LogP contribution in [0.3, 0.4) is 0 Å². The van der Waals surface area contributed by atoms with Gasteiger partial charge in [-0.25, -0.2) is 29.9 Å². The summed E-state index contributed by atoms with van der Waals surface area (Å²) in [4.78, 5) is 64.9. The Hall–Kier alpha value is -7.40. The standard InChI is InChI=1S/C41H23N9O2/c51-40-29-15-7-8-16-30(29)41(52)50(40)20-21-17-18-28-31(19-21)39-48-37-27-14-6-5-13-26(27)35(46-37)44-33-23-10-2-1-9-22(23)32(42-33)43-34-24-11-3-4-12-25(24)36(45-34)47-38(28)49-39/h1-19H,20H2,(H2,42,43,44,45,46,47,48,49). The third-order valence-electron chi connectivity index (χ3n) is 9.84. The Kier molecular flexibility index (Phi) is 5.77. The van der Waals surface area contributed by atoms with Crippen LogP contribution in [-0.4, -0.2) is 56.6 Å². The third kappa shape index (κ3) is 4.13. The summed E-state index contributed by atoms with van der Waals surface area (Å²) in [6.45, 7) is 0.103. The van der Waals surface area contributed by atoms with Crippen LogP contribution in [0.2, 0.25) is 0 Å². The van der Waals surface area contributed by atoms with Gasteiger partial charge in [-0.1, -0.05) is 97.1 Å². The van der Waals surface area contributed by atoms with Crippen molar-refractivity contribution in [3.63, 3.8) is 0 Å². The number of hydrogen-bond donors (Lipinski definition) is 2. The first-order valence-electron chi connectivity index (χ1n) is 16.8. The number of hydrogen-bond acceptors (Lipinski definition) is 8. The Morgan fingerprint density at radius 2 is 0.769 bits per heavy atom. The molecule has 11 heteroatoms. The maximum absolute atomic E-state index is 13.3. The lowest BCUT2D eigenvalue weighted by molar-refractivity contribution is 0.0642. The number of amides is 2. The highest BCUT2D eigenvalue weighted by Crippen LogP contribution is 2.37. The number of carbonyl (C=O) groups is 2. The minimum absolute atomic E-state index is 0.103. The lowest BCUT2D eigenvalue weighted by Crippen LogP contribution is -2.29. The zero-order valence-electron chi connectivity index (χ0n) is 27.1. The summed E-state index contributed by atoms with van der Waals surface area (Å²) in [5.74, 6) is 1.42. The van der Waals surface area contributed by atoms with Gasteiger partial charge in [-0.2, -0.15) is 0 Å². The number of aromatic nitrogens is 8. The second-order valence-electron chi connectivity index (χ2n) is 12.9. The highest BCUT2D eigenvalue weighted by molar-refractivity contribution is 6.21. The van der Waals surface area contributed by atoms with Gasteiger partial charge in [0.2, 0.25) is 0 Å². The molecule has 11 rings (SSSR count). The van der Waals surface area contributed by atoms with Crippen LogP contribution in [0.15, 0.2) is 115 Å². The monoisotopic (exact) mass is 673 g/mol. The van der Waals surface area contributed by atoms with Gasteiger partial charge in [0.25, 0.3) is 11.8 Å². The summed E-state index contributed by atoms with van der Waals surface area (Å²) in [7, 11) is 0. The first kappa shape index (κ1) is 28.4. The van der Waals surface area contributed by atoms with Crippen LogP contribution < -0.4 is 0 Å². The van der Waals surface area contributed by atoms with Gasteiger partial charge in [0.05, 0.1) is 17.7 Å².